The van der Waals surface area contributed by atoms with Gasteiger partial charge in [-0.25, -0.2) is 0 Å². The maximum Gasteiger partial charge on any atom is 0.184 e. The van der Waals surface area contributed by atoms with Gasteiger partial charge in [-0.1, -0.05) is 30.7 Å². The van der Waals surface area contributed by atoms with E-state index in [1.165, 1.54) is 37.9 Å². The number of piperidine rings is 1. The standard InChI is InChI=1S/C14H20N4S/c15-14(19)17-16-10-12-6-2-3-7-13(12)11-18-8-4-1-5-9-18/h2-3,6-7,10H,1,4-5,8-9,11H2,(H3,15,17,19). The number of thiocarbonyl (C=S) groups is 1. The van der Waals surface area contributed by atoms with Crippen molar-refractivity contribution in [3.8, 4) is 0 Å². The van der Waals surface area contributed by atoms with Crippen LogP contribution in [0.25, 0.3) is 0 Å². The fraction of sp³-hybridized carbons (Fsp3) is 0.429. The minimum atomic E-state index is 0.185. The van der Waals surface area contributed by atoms with Gasteiger partial charge in [-0.15, -0.1) is 0 Å². The van der Waals surface area contributed by atoms with Gasteiger partial charge in [0, 0.05) is 6.54 Å². The Kier molecular flexibility index (Phi) is 5.30. The summed E-state index contributed by atoms with van der Waals surface area (Å²) in [6.07, 6.45) is 5.74. The van der Waals surface area contributed by atoms with Crippen LogP contribution >= 0.6 is 12.2 Å². The molecule has 0 aliphatic carbocycles. The summed E-state index contributed by atoms with van der Waals surface area (Å²) in [4.78, 5) is 2.50. The Bertz CT molecular complexity index is 453. The highest BCUT2D eigenvalue weighted by Crippen LogP contribution is 2.15. The third-order valence-electron chi connectivity index (χ3n) is 3.28. The van der Waals surface area contributed by atoms with E-state index in [9.17, 15) is 0 Å². The first-order valence-corrected chi connectivity index (χ1v) is 7.05. The molecule has 1 heterocycles. The van der Waals surface area contributed by atoms with E-state index in [0.29, 0.717) is 0 Å². The number of nitrogens with zero attached hydrogens (tertiary/aromatic N) is 2. The van der Waals surface area contributed by atoms with E-state index in [1.807, 2.05) is 6.07 Å². The molecule has 3 N–H and O–H groups in total. The molecule has 102 valence electrons. The lowest BCUT2D eigenvalue weighted by molar-refractivity contribution is 0.221. The van der Waals surface area contributed by atoms with Gasteiger partial charge in [0.15, 0.2) is 5.11 Å². The molecule has 1 aliphatic heterocycles. The largest absolute Gasteiger partial charge is 0.375 e. The Morgan fingerprint density at radius 2 is 2.05 bits per heavy atom. The number of likely N-dealkylation sites (tertiary alicyclic amines) is 1. The summed E-state index contributed by atoms with van der Waals surface area (Å²) in [5.41, 5.74) is 10.3. The second-order valence-corrected chi connectivity index (χ2v) is 5.21. The lowest BCUT2D eigenvalue weighted by Crippen LogP contribution is -2.29. The zero-order valence-electron chi connectivity index (χ0n) is 11.0. The third-order valence-corrected chi connectivity index (χ3v) is 3.37. The predicted octanol–water partition coefficient (Wildman–Crippen LogP) is 1.84. The molecule has 1 aromatic carbocycles. The molecule has 0 aromatic heterocycles. The summed E-state index contributed by atoms with van der Waals surface area (Å²) in [5.74, 6) is 0. The smallest absolute Gasteiger partial charge is 0.184 e. The summed E-state index contributed by atoms with van der Waals surface area (Å²) in [5, 5.41) is 4.22. The molecular formula is C14H20N4S. The summed E-state index contributed by atoms with van der Waals surface area (Å²) >= 11 is 4.72. The normalized spacial score (nSPS) is 16.6. The fourth-order valence-corrected chi connectivity index (χ4v) is 2.38. The van der Waals surface area contributed by atoms with Crippen molar-refractivity contribution in [1.82, 2.24) is 10.3 Å². The molecule has 1 saturated heterocycles. The minimum absolute atomic E-state index is 0.185. The SMILES string of the molecule is NC(=S)NN=Cc1ccccc1CN1CCCCC1. The molecule has 5 heteroatoms. The van der Waals surface area contributed by atoms with E-state index in [0.717, 1.165) is 12.1 Å². The number of rotatable bonds is 4. The second kappa shape index (κ2) is 7.21. The molecule has 0 amide bonds. The van der Waals surface area contributed by atoms with Crippen LogP contribution in [0.2, 0.25) is 0 Å². The van der Waals surface area contributed by atoms with E-state index in [1.54, 1.807) is 6.21 Å². The van der Waals surface area contributed by atoms with Crippen molar-refractivity contribution in [3.63, 3.8) is 0 Å². The topological polar surface area (TPSA) is 53.6 Å². The molecule has 0 atom stereocenters. The van der Waals surface area contributed by atoms with E-state index in [-0.39, 0.29) is 5.11 Å². The highest BCUT2D eigenvalue weighted by atomic mass is 32.1. The molecule has 19 heavy (non-hydrogen) atoms. The van der Waals surface area contributed by atoms with Gasteiger partial charge in [0.05, 0.1) is 6.21 Å². The van der Waals surface area contributed by atoms with Gasteiger partial charge in [-0.05, 0) is 49.3 Å². The number of nitrogens with one attached hydrogen (secondary N) is 1. The van der Waals surface area contributed by atoms with Gasteiger partial charge < -0.3 is 5.73 Å². The van der Waals surface area contributed by atoms with Gasteiger partial charge in [0.25, 0.3) is 0 Å². The highest BCUT2D eigenvalue weighted by molar-refractivity contribution is 7.80. The van der Waals surface area contributed by atoms with Crippen LogP contribution in [0.4, 0.5) is 0 Å². The van der Waals surface area contributed by atoms with E-state index >= 15 is 0 Å². The molecule has 1 aromatic rings. The van der Waals surface area contributed by atoms with Crippen LogP contribution in [-0.4, -0.2) is 29.3 Å². The van der Waals surface area contributed by atoms with Crippen LogP contribution in [0.5, 0.6) is 0 Å². The monoisotopic (exact) mass is 276 g/mol. The number of hydrazone groups is 1. The third kappa shape index (κ3) is 4.61. The zero-order valence-corrected chi connectivity index (χ0v) is 11.8. The first kappa shape index (κ1) is 14.0. The Morgan fingerprint density at radius 1 is 1.32 bits per heavy atom. The maximum atomic E-state index is 5.34. The number of benzene rings is 1. The Labute approximate surface area is 119 Å². The van der Waals surface area contributed by atoms with Crippen molar-refractivity contribution in [2.45, 2.75) is 25.8 Å². The lowest BCUT2D eigenvalue weighted by Gasteiger charge is -2.26. The molecule has 1 fully saturated rings. The van der Waals surface area contributed by atoms with Crippen molar-refractivity contribution in [3.05, 3.63) is 35.4 Å². The highest BCUT2D eigenvalue weighted by Gasteiger charge is 2.11. The van der Waals surface area contributed by atoms with E-state index in [4.69, 9.17) is 18.0 Å². The molecule has 0 spiro atoms. The quantitative estimate of drug-likeness (QED) is 0.500. The van der Waals surface area contributed by atoms with Crippen LogP contribution in [0.15, 0.2) is 29.4 Å². The molecular weight excluding hydrogens is 256 g/mol. The van der Waals surface area contributed by atoms with Gasteiger partial charge in [-0.3, -0.25) is 10.3 Å². The Hall–Kier alpha value is -1.46. The molecule has 4 nitrogen and oxygen atoms in total. The van der Waals surface area contributed by atoms with Crippen molar-refractivity contribution in [2.24, 2.45) is 10.8 Å². The summed E-state index contributed by atoms with van der Waals surface area (Å²) in [6.45, 7) is 3.36. The van der Waals surface area contributed by atoms with Crippen LogP contribution in [0.1, 0.15) is 30.4 Å². The van der Waals surface area contributed by atoms with Gasteiger partial charge in [0.1, 0.15) is 0 Å². The fourth-order valence-electron chi connectivity index (χ4n) is 2.33. The second-order valence-electron chi connectivity index (χ2n) is 4.77. The molecule has 2 rings (SSSR count). The van der Waals surface area contributed by atoms with Crippen molar-refractivity contribution >= 4 is 23.5 Å². The van der Waals surface area contributed by atoms with Crippen LogP contribution < -0.4 is 11.2 Å². The number of nitrogens with two attached hydrogens (primary N) is 1. The van der Waals surface area contributed by atoms with Gasteiger partial charge >= 0.3 is 0 Å². The molecule has 0 unspecified atom stereocenters. The van der Waals surface area contributed by atoms with Gasteiger partial charge in [-0.2, -0.15) is 5.10 Å². The maximum absolute atomic E-state index is 5.34. The van der Waals surface area contributed by atoms with Crippen LogP contribution in [-0.2, 0) is 6.54 Å². The lowest BCUT2D eigenvalue weighted by atomic mass is 10.1. The van der Waals surface area contributed by atoms with Crippen molar-refractivity contribution in [2.75, 3.05) is 13.1 Å². The predicted molar refractivity (Wildman–Crippen MR) is 83.1 cm³/mol. The first-order valence-electron chi connectivity index (χ1n) is 6.64. The number of hydrogen-bond acceptors (Lipinski definition) is 3. The van der Waals surface area contributed by atoms with Crippen LogP contribution in [0.3, 0.4) is 0 Å². The van der Waals surface area contributed by atoms with Crippen molar-refractivity contribution < 1.29 is 0 Å². The molecule has 0 radical (unpaired) electrons. The van der Waals surface area contributed by atoms with Crippen LogP contribution in [0, 0.1) is 0 Å². The average molecular weight is 276 g/mol. The zero-order chi connectivity index (χ0) is 13.5. The van der Waals surface area contributed by atoms with Crippen molar-refractivity contribution in [1.29, 1.82) is 0 Å². The summed E-state index contributed by atoms with van der Waals surface area (Å²) in [6, 6.07) is 8.29. The average Bonchev–Trinajstić information content (AvgIpc) is 2.41. The summed E-state index contributed by atoms with van der Waals surface area (Å²) < 4.78 is 0. The summed E-state index contributed by atoms with van der Waals surface area (Å²) in [7, 11) is 0. The van der Waals surface area contributed by atoms with Gasteiger partial charge in [0.2, 0.25) is 0 Å². The molecule has 1 aliphatic rings. The first-order chi connectivity index (χ1) is 9.25. The molecule has 0 saturated carbocycles. The van der Waals surface area contributed by atoms with E-state index in [2.05, 4.69) is 33.6 Å². The Morgan fingerprint density at radius 3 is 2.79 bits per heavy atom. The minimum Gasteiger partial charge on any atom is -0.375 e. The number of hydrogen-bond donors (Lipinski definition) is 2. The molecule has 0 bridgehead atoms. The van der Waals surface area contributed by atoms with E-state index < -0.39 is 0 Å². The Balaban J connectivity index is 2.02.